The Morgan fingerprint density at radius 1 is 1.00 bits per heavy atom. The first kappa shape index (κ1) is 26.2. The minimum atomic E-state index is -1.07. The van der Waals surface area contributed by atoms with Gasteiger partial charge >= 0.3 is 5.97 Å². The molecule has 0 spiro atoms. The third-order valence-corrected chi connectivity index (χ3v) is 7.02. The lowest BCUT2D eigenvalue weighted by Crippen LogP contribution is -2.27. The van der Waals surface area contributed by atoms with Crippen LogP contribution in [0.25, 0.3) is 6.08 Å². The topological polar surface area (TPSA) is 85.3 Å². The number of aryl methyl sites for hydroxylation is 2. The zero-order valence-corrected chi connectivity index (χ0v) is 22.2. The van der Waals surface area contributed by atoms with Gasteiger partial charge in [-0.05, 0) is 79.1 Å². The normalized spacial score (nSPS) is 14.2. The van der Waals surface area contributed by atoms with Gasteiger partial charge < -0.3 is 19.3 Å². The molecule has 1 N–H and O–H groups in total. The van der Waals surface area contributed by atoms with Gasteiger partial charge in [0, 0.05) is 0 Å². The standard InChI is InChI=1S/C28H25NO6S2/c1-17-7-9-22(13-18(17)2)34-11-12-35-23-10-8-19(14-24(23)33-3)15-25-26(30)29(28(36)37-25)21-6-4-5-20(16-21)27(31)32/h4-10,13-16H,11-12H2,1-3H3,(H,31,32)/b25-15-. The van der Waals surface area contributed by atoms with E-state index in [2.05, 4.69) is 6.92 Å². The van der Waals surface area contributed by atoms with Crippen LogP contribution < -0.4 is 19.1 Å². The van der Waals surface area contributed by atoms with Gasteiger partial charge in [0.25, 0.3) is 5.91 Å². The van der Waals surface area contributed by atoms with Crippen molar-refractivity contribution >= 4 is 51.9 Å². The van der Waals surface area contributed by atoms with Crippen molar-refractivity contribution in [3.63, 3.8) is 0 Å². The van der Waals surface area contributed by atoms with Gasteiger partial charge in [0.2, 0.25) is 0 Å². The molecule has 0 atom stereocenters. The number of thiocarbonyl (C=S) groups is 1. The van der Waals surface area contributed by atoms with Crippen LogP contribution in [0.3, 0.4) is 0 Å². The molecule has 4 rings (SSSR count). The van der Waals surface area contributed by atoms with Crippen molar-refractivity contribution in [2.45, 2.75) is 13.8 Å². The Kier molecular flexibility index (Phi) is 8.15. The lowest BCUT2D eigenvalue weighted by atomic mass is 10.1. The first-order valence-corrected chi connectivity index (χ1v) is 12.6. The third-order valence-electron chi connectivity index (χ3n) is 5.72. The number of anilines is 1. The van der Waals surface area contributed by atoms with Crippen molar-refractivity contribution in [2.75, 3.05) is 25.2 Å². The van der Waals surface area contributed by atoms with Crippen molar-refractivity contribution in [3.05, 3.63) is 87.8 Å². The second kappa shape index (κ2) is 11.5. The highest BCUT2D eigenvalue weighted by Crippen LogP contribution is 2.37. The van der Waals surface area contributed by atoms with E-state index in [1.807, 2.05) is 31.2 Å². The number of carboxylic acid groups (broad SMARTS) is 1. The molecule has 3 aromatic carbocycles. The van der Waals surface area contributed by atoms with Gasteiger partial charge in [0.05, 0.1) is 23.3 Å². The number of amides is 1. The van der Waals surface area contributed by atoms with Crippen molar-refractivity contribution in [1.82, 2.24) is 0 Å². The van der Waals surface area contributed by atoms with Gasteiger partial charge in [-0.3, -0.25) is 9.69 Å². The van der Waals surface area contributed by atoms with Crippen LogP contribution in [0.2, 0.25) is 0 Å². The number of nitrogens with zero attached hydrogens (tertiary/aromatic N) is 1. The summed E-state index contributed by atoms with van der Waals surface area (Å²) < 4.78 is 17.4. The summed E-state index contributed by atoms with van der Waals surface area (Å²) in [7, 11) is 1.55. The molecule has 7 nitrogen and oxygen atoms in total. The van der Waals surface area contributed by atoms with E-state index < -0.39 is 5.97 Å². The number of rotatable bonds is 9. The van der Waals surface area contributed by atoms with E-state index in [0.717, 1.165) is 23.1 Å². The Bertz CT molecular complexity index is 1400. The molecule has 3 aromatic rings. The SMILES string of the molecule is COc1cc(/C=C2\SC(=S)N(c3cccc(C(=O)O)c3)C2=O)ccc1OCCOc1ccc(C)c(C)c1. The maximum absolute atomic E-state index is 13.1. The number of carbonyl (C=O) groups is 2. The largest absolute Gasteiger partial charge is 0.493 e. The van der Waals surface area contributed by atoms with E-state index in [1.165, 1.54) is 28.2 Å². The van der Waals surface area contributed by atoms with Crippen LogP contribution in [0.5, 0.6) is 17.2 Å². The highest BCUT2D eigenvalue weighted by molar-refractivity contribution is 8.27. The Morgan fingerprint density at radius 3 is 2.51 bits per heavy atom. The summed E-state index contributed by atoms with van der Waals surface area (Å²) in [4.78, 5) is 26.2. The highest BCUT2D eigenvalue weighted by atomic mass is 32.2. The fourth-order valence-electron chi connectivity index (χ4n) is 3.63. The fourth-order valence-corrected chi connectivity index (χ4v) is 4.93. The molecule has 37 heavy (non-hydrogen) atoms. The number of aromatic carboxylic acids is 1. The van der Waals surface area contributed by atoms with Crippen LogP contribution >= 0.6 is 24.0 Å². The molecule has 0 aliphatic carbocycles. The molecule has 0 unspecified atom stereocenters. The Hall–Kier alpha value is -3.82. The molecular formula is C28H25NO6S2. The number of carbonyl (C=O) groups excluding carboxylic acids is 1. The van der Waals surface area contributed by atoms with Gasteiger partial charge in [-0.15, -0.1) is 0 Å². The van der Waals surface area contributed by atoms with E-state index in [-0.39, 0.29) is 11.5 Å². The number of carboxylic acids is 1. The van der Waals surface area contributed by atoms with Crippen LogP contribution in [0.15, 0.2) is 65.6 Å². The minimum absolute atomic E-state index is 0.0789. The number of methoxy groups -OCH3 is 1. The first-order chi connectivity index (χ1) is 17.8. The minimum Gasteiger partial charge on any atom is -0.493 e. The van der Waals surface area contributed by atoms with E-state index in [0.29, 0.717) is 39.6 Å². The van der Waals surface area contributed by atoms with E-state index in [9.17, 15) is 14.7 Å². The van der Waals surface area contributed by atoms with Crippen molar-refractivity contribution in [3.8, 4) is 17.2 Å². The predicted molar refractivity (Wildman–Crippen MR) is 149 cm³/mol. The molecule has 1 amide bonds. The van der Waals surface area contributed by atoms with Crippen LogP contribution in [0.4, 0.5) is 5.69 Å². The molecule has 0 bridgehead atoms. The van der Waals surface area contributed by atoms with Crippen LogP contribution in [0.1, 0.15) is 27.0 Å². The van der Waals surface area contributed by atoms with Crippen molar-refractivity contribution < 1.29 is 28.9 Å². The molecule has 0 saturated carbocycles. The lowest BCUT2D eigenvalue weighted by molar-refractivity contribution is -0.113. The van der Waals surface area contributed by atoms with Crippen LogP contribution in [-0.2, 0) is 4.79 Å². The number of benzene rings is 3. The second-order valence-corrected chi connectivity index (χ2v) is 9.90. The Labute approximate surface area is 224 Å². The van der Waals surface area contributed by atoms with Gasteiger partial charge in [0.1, 0.15) is 19.0 Å². The molecule has 1 saturated heterocycles. The quantitative estimate of drug-likeness (QED) is 0.207. The number of hydrogen-bond donors (Lipinski definition) is 1. The van der Waals surface area contributed by atoms with Gasteiger partial charge in [-0.25, -0.2) is 4.79 Å². The van der Waals surface area contributed by atoms with Gasteiger partial charge in [-0.2, -0.15) is 0 Å². The summed E-state index contributed by atoms with van der Waals surface area (Å²) in [5.74, 6) is 0.473. The molecule has 0 aromatic heterocycles. The van der Waals surface area contributed by atoms with E-state index in [1.54, 1.807) is 37.5 Å². The smallest absolute Gasteiger partial charge is 0.335 e. The highest BCUT2D eigenvalue weighted by Gasteiger charge is 2.33. The third kappa shape index (κ3) is 6.12. The molecule has 190 valence electrons. The van der Waals surface area contributed by atoms with Crippen molar-refractivity contribution in [1.29, 1.82) is 0 Å². The summed E-state index contributed by atoms with van der Waals surface area (Å²) in [5, 5.41) is 9.26. The predicted octanol–water partition coefficient (Wildman–Crippen LogP) is 5.87. The number of ether oxygens (including phenoxy) is 3. The second-order valence-electron chi connectivity index (χ2n) is 8.23. The molecular weight excluding hydrogens is 510 g/mol. The van der Waals surface area contributed by atoms with Gasteiger partial charge in [-0.1, -0.05) is 42.2 Å². The number of thioether (sulfide) groups is 1. The van der Waals surface area contributed by atoms with Gasteiger partial charge in [0.15, 0.2) is 15.8 Å². The molecule has 0 radical (unpaired) electrons. The fraction of sp³-hybridized carbons (Fsp3) is 0.179. The number of hydrogen-bond acceptors (Lipinski definition) is 7. The maximum Gasteiger partial charge on any atom is 0.335 e. The first-order valence-electron chi connectivity index (χ1n) is 11.4. The average Bonchev–Trinajstić information content (AvgIpc) is 3.16. The average molecular weight is 536 g/mol. The summed E-state index contributed by atoms with van der Waals surface area (Å²) in [6, 6.07) is 17.4. The molecule has 1 heterocycles. The van der Waals surface area contributed by atoms with E-state index >= 15 is 0 Å². The summed E-state index contributed by atoms with van der Waals surface area (Å²) in [6.45, 7) is 4.80. The molecule has 1 aliphatic rings. The Morgan fingerprint density at radius 2 is 1.78 bits per heavy atom. The lowest BCUT2D eigenvalue weighted by Gasteiger charge is -2.15. The monoisotopic (exact) mass is 535 g/mol. The molecule has 9 heteroatoms. The van der Waals surface area contributed by atoms with Crippen LogP contribution in [-0.4, -0.2) is 41.6 Å². The molecule has 1 aliphatic heterocycles. The summed E-state index contributed by atoms with van der Waals surface area (Å²) in [5.41, 5.74) is 3.60. The Balaban J connectivity index is 1.43. The summed E-state index contributed by atoms with van der Waals surface area (Å²) >= 11 is 6.56. The summed E-state index contributed by atoms with van der Waals surface area (Å²) in [6.07, 6.45) is 1.72. The maximum atomic E-state index is 13.1. The van der Waals surface area contributed by atoms with Crippen molar-refractivity contribution in [2.24, 2.45) is 0 Å². The van der Waals surface area contributed by atoms with E-state index in [4.69, 9.17) is 26.4 Å². The van der Waals surface area contributed by atoms with Crippen LogP contribution in [0, 0.1) is 13.8 Å². The zero-order valence-electron chi connectivity index (χ0n) is 20.5. The molecule has 1 fully saturated rings. The zero-order chi connectivity index (χ0) is 26.5.